The summed E-state index contributed by atoms with van der Waals surface area (Å²) in [6, 6.07) is 6.38. The molecule has 0 aliphatic rings. The van der Waals surface area contributed by atoms with Crippen LogP contribution >= 0.6 is 0 Å². The van der Waals surface area contributed by atoms with Crippen molar-refractivity contribution in [2.45, 2.75) is 71.7 Å². The van der Waals surface area contributed by atoms with E-state index in [4.69, 9.17) is 10.5 Å². The number of nitrogens with two attached hydrogens (primary N) is 1. The minimum atomic E-state index is -0.972. The van der Waals surface area contributed by atoms with Gasteiger partial charge in [-0.05, 0) is 39.2 Å². The zero-order chi connectivity index (χ0) is 23.8. The summed E-state index contributed by atoms with van der Waals surface area (Å²) < 4.78 is 5.27. The Bertz CT molecular complexity index is 774. The molecule has 0 unspecified atom stereocenters. The van der Waals surface area contributed by atoms with E-state index in [2.05, 4.69) is 16.0 Å². The summed E-state index contributed by atoms with van der Waals surface area (Å²) in [7, 11) is 0. The Balaban J connectivity index is 3.00. The summed E-state index contributed by atoms with van der Waals surface area (Å²) in [5.74, 6) is -2.04. The molecule has 0 spiro atoms. The Hall–Kier alpha value is -3.10. The number of alkyl carbamates (subject to hydrolysis) is 1. The predicted octanol–water partition coefficient (Wildman–Crippen LogP) is 1.25. The summed E-state index contributed by atoms with van der Waals surface area (Å²) >= 11 is 0. The van der Waals surface area contributed by atoms with Gasteiger partial charge in [0.1, 0.15) is 23.7 Å². The number of carbonyl (C=O) groups is 4. The number of amides is 4. The Kier molecular flexibility index (Phi) is 9.48. The van der Waals surface area contributed by atoms with Gasteiger partial charge in [-0.2, -0.15) is 0 Å². The molecule has 0 aliphatic heterocycles. The first-order valence-electron chi connectivity index (χ1n) is 10.2. The molecular formula is C22H34N4O5. The maximum absolute atomic E-state index is 13.0. The van der Waals surface area contributed by atoms with Gasteiger partial charge in [-0.15, -0.1) is 0 Å². The molecule has 0 aromatic heterocycles. The SMILES string of the molecule is CC(C)[C@@H](NC(=O)[C@@H](Cc1ccccc1)NC(=O)OC(C)(C)C)C(=O)N[C@H](C)C(N)=O. The van der Waals surface area contributed by atoms with E-state index in [9.17, 15) is 19.2 Å². The fourth-order valence-electron chi connectivity index (χ4n) is 2.67. The van der Waals surface area contributed by atoms with Crippen LogP contribution in [0.15, 0.2) is 30.3 Å². The van der Waals surface area contributed by atoms with Gasteiger partial charge in [-0.25, -0.2) is 4.79 Å². The van der Waals surface area contributed by atoms with Crippen molar-refractivity contribution < 1.29 is 23.9 Å². The van der Waals surface area contributed by atoms with E-state index >= 15 is 0 Å². The van der Waals surface area contributed by atoms with E-state index in [1.165, 1.54) is 6.92 Å². The molecule has 3 atom stereocenters. The standard InChI is InChI=1S/C22H34N4O5/c1-13(2)17(20(29)24-14(3)18(23)27)26-19(28)16(12-15-10-8-7-9-11-15)25-21(30)31-22(4,5)6/h7-11,13-14,16-17H,12H2,1-6H3,(H2,23,27)(H,24,29)(H,25,30)(H,26,28)/t14-,16-,17-/m1/s1. The van der Waals surface area contributed by atoms with Gasteiger partial charge in [0.25, 0.3) is 0 Å². The highest BCUT2D eigenvalue weighted by atomic mass is 16.6. The second kappa shape index (κ2) is 11.3. The van der Waals surface area contributed by atoms with E-state index < -0.39 is 47.5 Å². The number of hydrogen-bond donors (Lipinski definition) is 4. The molecule has 0 aliphatic carbocycles. The average molecular weight is 435 g/mol. The van der Waals surface area contributed by atoms with Crippen molar-refractivity contribution in [2.75, 3.05) is 0 Å². The predicted molar refractivity (Wildman–Crippen MR) is 117 cm³/mol. The molecule has 0 heterocycles. The van der Waals surface area contributed by atoms with Crippen molar-refractivity contribution in [3.8, 4) is 0 Å². The molecule has 9 nitrogen and oxygen atoms in total. The third-order valence-corrected chi connectivity index (χ3v) is 4.32. The first kappa shape index (κ1) is 25.9. The molecule has 0 fully saturated rings. The molecule has 0 saturated heterocycles. The van der Waals surface area contributed by atoms with Gasteiger partial charge in [0.05, 0.1) is 0 Å². The van der Waals surface area contributed by atoms with Crippen molar-refractivity contribution in [3.05, 3.63) is 35.9 Å². The van der Waals surface area contributed by atoms with Crippen LogP contribution in [0.4, 0.5) is 4.79 Å². The number of hydrogen-bond acceptors (Lipinski definition) is 5. The van der Waals surface area contributed by atoms with Crippen LogP contribution in [0.1, 0.15) is 47.1 Å². The molecule has 1 rings (SSSR count). The van der Waals surface area contributed by atoms with Crippen LogP contribution in [0.3, 0.4) is 0 Å². The van der Waals surface area contributed by atoms with Crippen molar-refractivity contribution in [2.24, 2.45) is 11.7 Å². The largest absolute Gasteiger partial charge is 0.444 e. The topological polar surface area (TPSA) is 140 Å². The number of rotatable bonds is 9. The van der Waals surface area contributed by atoms with Crippen LogP contribution in [0.5, 0.6) is 0 Å². The minimum Gasteiger partial charge on any atom is -0.444 e. The summed E-state index contributed by atoms with van der Waals surface area (Å²) in [6.07, 6.45) is -0.535. The lowest BCUT2D eigenvalue weighted by Gasteiger charge is -2.27. The van der Waals surface area contributed by atoms with Gasteiger partial charge in [0.2, 0.25) is 17.7 Å². The molecular weight excluding hydrogens is 400 g/mol. The molecule has 1 aromatic carbocycles. The number of ether oxygens (including phenoxy) is 1. The Morgan fingerprint density at radius 2 is 1.52 bits per heavy atom. The molecule has 0 bridgehead atoms. The second-order valence-electron chi connectivity index (χ2n) is 8.75. The third kappa shape index (κ3) is 9.50. The Labute approximate surface area is 183 Å². The average Bonchev–Trinajstić information content (AvgIpc) is 2.64. The summed E-state index contributed by atoms with van der Waals surface area (Å²) in [5, 5.41) is 7.75. The van der Waals surface area contributed by atoms with Crippen LogP contribution in [0.2, 0.25) is 0 Å². The van der Waals surface area contributed by atoms with E-state index in [1.807, 2.05) is 30.3 Å². The highest BCUT2D eigenvalue weighted by Crippen LogP contribution is 2.10. The monoisotopic (exact) mass is 434 g/mol. The van der Waals surface area contributed by atoms with E-state index in [-0.39, 0.29) is 12.3 Å². The number of primary amides is 1. The molecule has 172 valence electrons. The first-order valence-corrected chi connectivity index (χ1v) is 10.2. The molecule has 0 radical (unpaired) electrons. The maximum atomic E-state index is 13.0. The Morgan fingerprint density at radius 1 is 0.935 bits per heavy atom. The highest BCUT2D eigenvalue weighted by molar-refractivity contribution is 5.93. The normalized spacial score (nSPS) is 14.2. The lowest BCUT2D eigenvalue weighted by atomic mass is 10.0. The highest BCUT2D eigenvalue weighted by Gasteiger charge is 2.31. The quantitative estimate of drug-likeness (QED) is 0.463. The zero-order valence-electron chi connectivity index (χ0n) is 19.0. The molecule has 0 saturated carbocycles. The van der Waals surface area contributed by atoms with Crippen LogP contribution in [0.25, 0.3) is 0 Å². The molecule has 1 aromatic rings. The van der Waals surface area contributed by atoms with Gasteiger partial charge in [0, 0.05) is 6.42 Å². The smallest absolute Gasteiger partial charge is 0.408 e. The zero-order valence-corrected chi connectivity index (χ0v) is 19.0. The number of benzene rings is 1. The summed E-state index contributed by atoms with van der Waals surface area (Å²) in [5.41, 5.74) is 5.29. The lowest BCUT2D eigenvalue weighted by molar-refractivity contribution is -0.132. The van der Waals surface area contributed by atoms with Crippen molar-refractivity contribution in [1.29, 1.82) is 0 Å². The van der Waals surface area contributed by atoms with E-state index in [1.54, 1.807) is 34.6 Å². The number of nitrogens with one attached hydrogen (secondary N) is 3. The van der Waals surface area contributed by atoms with Crippen LogP contribution < -0.4 is 21.7 Å². The van der Waals surface area contributed by atoms with Crippen LogP contribution in [0, 0.1) is 5.92 Å². The fourth-order valence-corrected chi connectivity index (χ4v) is 2.67. The van der Waals surface area contributed by atoms with Gasteiger partial charge in [-0.1, -0.05) is 44.2 Å². The fraction of sp³-hybridized carbons (Fsp3) is 0.545. The van der Waals surface area contributed by atoms with Crippen LogP contribution in [-0.2, 0) is 25.5 Å². The van der Waals surface area contributed by atoms with E-state index in [0.717, 1.165) is 5.56 Å². The van der Waals surface area contributed by atoms with Crippen molar-refractivity contribution in [1.82, 2.24) is 16.0 Å². The minimum absolute atomic E-state index is 0.204. The Morgan fingerprint density at radius 3 is 2.00 bits per heavy atom. The number of carbonyl (C=O) groups excluding carboxylic acids is 4. The third-order valence-electron chi connectivity index (χ3n) is 4.32. The van der Waals surface area contributed by atoms with Gasteiger partial charge in [-0.3, -0.25) is 14.4 Å². The van der Waals surface area contributed by atoms with Gasteiger partial charge in [0.15, 0.2) is 0 Å². The van der Waals surface area contributed by atoms with E-state index in [0.29, 0.717) is 0 Å². The van der Waals surface area contributed by atoms with Crippen molar-refractivity contribution in [3.63, 3.8) is 0 Å². The van der Waals surface area contributed by atoms with Gasteiger partial charge >= 0.3 is 6.09 Å². The van der Waals surface area contributed by atoms with Crippen LogP contribution in [-0.4, -0.2) is 47.5 Å². The summed E-state index contributed by atoms with van der Waals surface area (Å²) in [4.78, 5) is 49.2. The summed E-state index contributed by atoms with van der Waals surface area (Å²) in [6.45, 7) is 10.1. The maximum Gasteiger partial charge on any atom is 0.408 e. The molecule has 31 heavy (non-hydrogen) atoms. The van der Waals surface area contributed by atoms with Gasteiger partial charge < -0.3 is 26.4 Å². The van der Waals surface area contributed by atoms with Crippen molar-refractivity contribution >= 4 is 23.8 Å². The molecule has 9 heteroatoms. The first-order chi connectivity index (χ1) is 14.3. The molecule has 4 amide bonds. The lowest BCUT2D eigenvalue weighted by Crippen LogP contribution is -2.58. The molecule has 5 N–H and O–H groups in total. The second-order valence-corrected chi connectivity index (χ2v) is 8.75.